The van der Waals surface area contributed by atoms with E-state index < -0.39 is 11.8 Å². The highest BCUT2D eigenvalue weighted by atomic mass is 19.1. The number of hydrazone groups is 1. The molecule has 2 N–H and O–H groups in total. The molecule has 118 valence electrons. The molecular formula is C17H16FN3O2. The molecule has 0 aliphatic rings. The summed E-state index contributed by atoms with van der Waals surface area (Å²) in [5, 5.41) is 6.23. The van der Waals surface area contributed by atoms with Gasteiger partial charge in [0.05, 0.1) is 6.21 Å². The normalized spacial score (nSPS) is 10.6. The number of benzene rings is 2. The van der Waals surface area contributed by atoms with Crippen molar-refractivity contribution in [1.82, 2.24) is 5.43 Å². The second-order valence-corrected chi connectivity index (χ2v) is 4.97. The summed E-state index contributed by atoms with van der Waals surface area (Å²) in [5.41, 5.74) is 5.06. The summed E-state index contributed by atoms with van der Waals surface area (Å²) >= 11 is 0. The van der Waals surface area contributed by atoms with Gasteiger partial charge in [0.25, 0.3) is 0 Å². The molecule has 2 rings (SSSR count). The van der Waals surface area contributed by atoms with Gasteiger partial charge in [-0.1, -0.05) is 30.3 Å². The predicted molar refractivity (Wildman–Crippen MR) is 86.7 cm³/mol. The van der Waals surface area contributed by atoms with Crippen molar-refractivity contribution in [3.63, 3.8) is 0 Å². The number of carbonyl (C=O) groups is 2. The number of halogens is 1. The Hall–Kier alpha value is -3.02. The number of hydrogen-bond donors (Lipinski definition) is 2. The van der Waals surface area contributed by atoms with Crippen LogP contribution >= 0.6 is 0 Å². The quantitative estimate of drug-likeness (QED) is 0.519. The first-order valence-corrected chi connectivity index (χ1v) is 6.93. The summed E-state index contributed by atoms with van der Waals surface area (Å²) < 4.78 is 12.7. The first-order chi connectivity index (χ1) is 11.0. The second-order valence-electron chi connectivity index (χ2n) is 4.97. The molecule has 2 aromatic carbocycles. The fourth-order valence-corrected chi connectivity index (χ4v) is 1.95. The largest absolute Gasteiger partial charge is 0.329 e. The topological polar surface area (TPSA) is 70.6 Å². The summed E-state index contributed by atoms with van der Waals surface area (Å²) in [5.74, 6) is -2.05. The average Bonchev–Trinajstić information content (AvgIpc) is 2.52. The van der Waals surface area contributed by atoms with Crippen LogP contribution in [0.4, 0.5) is 10.1 Å². The third-order valence-electron chi connectivity index (χ3n) is 3.18. The highest BCUT2D eigenvalue weighted by Crippen LogP contribution is 2.19. The Bertz CT molecular complexity index is 735. The van der Waals surface area contributed by atoms with Crippen LogP contribution in [0.1, 0.15) is 16.7 Å². The number of hydrogen-bond acceptors (Lipinski definition) is 3. The van der Waals surface area contributed by atoms with Gasteiger partial charge in [-0.25, -0.2) is 9.82 Å². The van der Waals surface area contributed by atoms with E-state index in [2.05, 4.69) is 15.8 Å². The average molecular weight is 313 g/mol. The maximum Gasteiger partial charge on any atom is 0.329 e. The van der Waals surface area contributed by atoms with E-state index in [1.165, 1.54) is 30.5 Å². The van der Waals surface area contributed by atoms with E-state index in [4.69, 9.17) is 0 Å². The lowest BCUT2D eigenvalue weighted by atomic mass is 10.1. The molecule has 0 atom stereocenters. The van der Waals surface area contributed by atoms with Crippen LogP contribution < -0.4 is 10.7 Å². The van der Waals surface area contributed by atoms with Gasteiger partial charge in [0, 0.05) is 5.69 Å². The van der Waals surface area contributed by atoms with Crippen LogP contribution in [-0.4, -0.2) is 18.0 Å². The molecule has 0 saturated heterocycles. The summed E-state index contributed by atoms with van der Waals surface area (Å²) in [6.07, 6.45) is 1.32. The van der Waals surface area contributed by atoms with Gasteiger partial charge < -0.3 is 5.32 Å². The van der Waals surface area contributed by atoms with Crippen LogP contribution in [0, 0.1) is 19.7 Å². The molecular weight excluding hydrogens is 297 g/mol. The minimum Gasteiger partial charge on any atom is -0.317 e. The van der Waals surface area contributed by atoms with Crippen LogP contribution in [0.2, 0.25) is 0 Å². The van der Waals surface area contributed by atoms with Gasteiger partial charge in [-0.15, -0.1) is 0 Å². The van der Waals surface area contributed by atoms with Crippen molar-refractivity contribution in [1.29, 1.82) is 0 Å². The van der Waals surface area contributed by atoms with Crippen LogP contribution in [0.15, 0.2) is 47.6 Å². The standard InChI is InChI=1S/C17H16FN3O2/c1-11-4-3-5-12(2)15(11)20-16(22)17(23)21-19-10-13-6-8-14(18)9-7-13/h3-10H,1-2H3,(H,20,22)(H,21,23)/b19-10+. The number of nitrogens with zero attached hydrogens (tertiary/aromatic N) is 1. The van der Waals surface area contributed by atoms with E-state index in [-0.39, 0.29) is 5.82 Å². The van der Waals surface area contributed by atoms with Crippen LogP contribution in [0.3, 0.4) is 0 Å². The van der Waals surface area contributed by atoms with Crippen molar-refractivity contribution in [3.8, 4) is 0 Å². The fourth-order valence-electron chi connectivity index (χ4n) is 1.95. The number of carbonyl (C=O) groups excluding carboxylic acids is 2. The Kier molecular flexibility index (Phi) is 5.19. The molecule has 0 fully saturated rings. The molecule has 0 heterocycles. The summed E-state index contributed by atoms with van der Waals surface area (Å²) in [6.45, 7) is 3.68. The van der Waals surface area contributed by atoms with Crippen molar-refractivity contribution >= 4 is 23.7 Å². The summed E-state index contributed by atoms with van der Waals surface area (Å²) in [4.78, 5) is 23.6. The maximum absolute atomic E-state index is 12.7. The molecule has 2 aromatic rings. The van der Waals surface area contributed by atoms with Crippen molar-refractivity contribution in [3.05, 3.63) is 65.0 Å². The van der Waals surface area contributed by atoms with Gasteiger partial charge in [0.15, 0.2) is 0 Å². The molecule has 2 amide bonds. The Morgan fingerprint density at radius 2 is 1.61 bits per heavy atom. The van der Waals surface area contributed by atoms with E-state index in [0.717, 1.165) is 11.1 Å². The Labute approximate surface area is 133 Å². The molecule has 0 aromatic heterocycles. The monoisotopic (exact) mass is 313 g/mol. The zero-order valence-corrected chi connectivity index (χ0v) is 12.8. The number of anilines is 1. The molecule has 0 spiro atoms. The Morgan fingerprint density at radius 3 is 2.22 bits per heavy atom. The molecule has 0 bridgehead atoms. The zero-order chi connectivity index (χ0) is 16.8. The van der Waals surface area contributed by atoms with Crippen molar-refractivity contribution in [2.24, 2.45) is 5.10 Å². The summed E-state index contributed by atoms with van der Waals surface area (Å²) in [7, 11) is 0. The highest BCUT2D eigenvalue weighted by molar-refractivity contribution is 6.39. The molecule has 23 heavy (non-hydrogen) atoms. The fraction of sp³-hybridized carbons (Fsp3) is 0.118. The zero-order valence-electron chi connectivity index (χ0n) is 12.8. The van der Waals surface area contributed by atoms with E-state index >= 15 is 0 Å². The Balaban J connectivity index is 1.95. The van der Waals surface area contributed by atoms with Gasteiger partial charge in [-0.3, -0.25) is 9.59 Å². The van der Waals surface area contributed by atoms with Gasteiger partial charge in [-0.05, 0) is 42.7 Å². The van der Waals surface area contributed by atoms with Crippen LogP contribution in [0.25, 0.3) is 0 Å². The molecule has 0 aliphatic carbocycles. The summed E-state index contributed by atoms with van der Waals surface area (Å²) in [6, 6.07) is 11.1. The first kappa shape index (κ1) is 16.4. The molecule has 6 heteroatoms. The number of amides is 2. The predicted octanol–water partition coefficient (Wildman–Crippen LogP) is 2.53. The molecule has 0 saturated carbocycles. The van der Waals surface area contributed by atoms with Crippen molar-refractivity contribution in [2.75, 3.05) is 5.32 Å². The smallest absolute Gasteiger partial charge is 0.317 e. The molecule has 0 radical (unpaired) electrons. The van der Waals surface area contributed by atoms with Crippen molar-refractivity contribution in [2.45, 2.75) is 13.8 Å². The van der Waals surface area contributed by atoms with E-state index in [9.17, 15) is 14.0 Å². The van der Waals surface area contributed by atoms with E-state index in [1.807, 2.05) is 32.0 Å². The lowest BCUT2D eigenvalue weighted by molar-refractivity contribution is -0.136. The maximum atomic E-state index is 12.7. The van der Waals surface area contributed by atoms with Gasteiger partial charge in [0.1, 0.15) is 5.82 Å². The lowest BCUT2D eigenvalue weighted by Crippen LogP contribution is -2.32. The number of rotatable bonds is 3. The SMILES string of the molecule is Cc1cccc(C)c1NC(=O)C(=O)N/N=C/c1ccc(F)cc1. The van der Waals surface area contributed by atoms with Gasteiger partial charge in [-0.2, -0.15) is 5.10 Å². The third-order valence-corrected chi connectivity index (χ3v) is 3.18. The molecule has 0 unspecified atom stereocenters. The third kappa shape index (κ3) is 4.47. The Morgan fingerprint density at radius 1 is 1.00 bits per heavy atom. The second kappa shape index (κ2) is 7.31. The van der Waals surface area contributed by atoms with Crippen LogP contribution in [-0.2, 0) is 9.59 Å². The number of aryl methyl sites for hydroxylation is 2. The minimum absolute atomic E-state index is 0.362. The molecule has 0 aliphatic heterocycles. The highest BCUT2D eigenvalue weighted by Gasteiger charge is 2.14. The van der Waals surface area contributed by atoms with Gasteiger partial charge >= 0.3 is 11.8 Å². The van der Waals surface area contributed by atoms with Gasteiger partial charge in [0.2, 0.25) is 0 Å². The first-order valence-electron chi connectivity index (χ1n) is 6.93. The van der Waals surface area contributed by atoms with E-state index in [0.29, 0.717) is 11.3 Å². The number of para-hydroxylation sites is 1. The minimum atomic E-state index is -0.883. The van der Waals surface area contributed by atoms with Crippen LogP contribution in [0.5, 0.6) is 0 Å². The van der Waals surface area contributed by atoms with E-state index in [1.54, 1.807) is 0 Å². The number of nitrogens with one attached hydrogen (secondary N) is 2. The molecule has 5 nitrogen and oxygen atoms in total. The lowest BCUT2D eigenvalue weighted by Gasteiger charge is -2.10. The van der Waals surface area contributed by atoms with Crippen molar-refractivity contribution < 1.29 is 14.0 Å².